The third-order valence-electron chi connectivity index (χ3n) is 4.14. The first-order valence-electron chi connectivity index (χ1n) is 9.13. The molecule has 0 saturated carbocycles. The van der Waals surface area contributed by atoms with Crippen LogP contribution in [0.25, 0.3) is 6.08 Å². The molecule has 0 atom stereocenters. The largest absolute Gasteiger partial charge is 0.492 e. The highest BCUT2D eigenvalue weighted by molar-refractivity contribution is 9.10. The number of hydrogen-bond acceptors (Lipinski definition) is 6. The zero-order valence-electron chi connectivity index (χ0n) is 16.6. The van der Waals surface area contributed by atoms with E-state index in [0.29, 0.717) is 38.9 Å². The Hall–Kier alpha value is -2.49. The first-order chi connectivity index (χ1) is 14.8. The number of halogens is 2. The lowest BCUT2D eigenvalue weighted by Crippen LogP contribution is -2.36. The van der Waals surface area contributed by atoms with Gasteiger partial charge in [-0.25, -0.2) is 0 Å². The molecule has 1 aliphatic rings. The number of carbonyl (C=O) groups is 3. The lowest BCUT2D eigenvalue weighted by Gasteiger charge is -2.13. The number of amides is 3. The second-order valence-corrected chi connectivity index (χ2v) is 8.57. The first kappa shape index (κ1) is 23.2. The Labute approximate surface area is 196 Å². The number of anilines is 1. The first-order valence-corrected chi connectivity index (χ1v) is 11.1. The molecule has 0 radical (unpaired) electrons. The second-order valence-electron chi connectivity index (χ2n) is 6.29. The number of ether oxygens (including phenoxy) is 2. The van der Waals surface area contributed by atoms with E-state index in [1.165, 1.54) is 7.11 Å². The molecule has 10 heteroatoms. The van der Waals surface area contributed by atoms with Gasteiger partial charge in [-0.15, -0.1) is 0 Å². The van der Waals surface area contributed by atoms with E-state index in [-0.39, 0.29) is 11.4 Å². The Morgan fingerprint density at radius 1 is 1.26 bits per heavy atom. The Kier molecular flexibility index (Phi) is 7.64. The van der Waals surface area contributed by atoms with Crippen LogP contribution in [-0.4, -0.2) is 42.2 Å². The molecule has 1 N–H and O–H groups in total. The van der Waals surface area contributed by atoms with Crippen LogP contribution >= 0.6 is 39.3 Å². The van der Waals surface area contributed by atoms with Gasteiger partial charge in [0.25, 0.3) is 11.1 Å². The zero-order valence-corrected chi connectivity index (χ0v) is 19.8. The van der Waals surface area contributed by atoms with Crippen molar-refractivity contribution in [2.24, 2.45) is 0 Å². The van der Waals surface area contributed by atoms with Gasteiger partial charge < -0.3 is 14.8 Å². The van der Waals surface area contributed by atoms with E-state index in [4.69, 9.17) is 21.1 Å². The molecule has 0 spiro atoms. The monoisotopic (exact) mass is 524 g/mol. The summed E-state index contributed by atoms with van der Waals surface area (Å²) < 4.78 is 11.6. The van der Waals surface area contributed by atoms with E-state index in [2.05, 4.69) is 21.2 Å². The molecular weight excluding hydrogens is 508 g/mol. The van der Waals surface area contributed by atoms with Gasteiger partial charge in [-0.3, -0.25) is 19.3 Å². The number of thioether (sulfide) groups is 1. The van der Waals surface area contributed by atoms with Crippen molar-refractivity contribution in [2.75, 3.05) is 25.6 Å². The van der Waals surface area contributed by atoms with Crippen LogP contribution in [0.2, 0.25) is 5.02 Å². The molecule has 0 aliphatic carbocycles. The van der Waals surface area contributed by atoms with Crippen LogP contribution in [0.3, 0.4) is 0 Å². The number of rotatable bonds is 7. The summed E-state index contributed by atoms with van der Waals surface area (Å²) in [5.41, 5.74) is 1.16. The number of methoxy groups -OCH3 is 1. The summed E-state index contributed by atoms with van der Waals surface area (Å²) in [4.78, 5) is 38.5. The third-order valence-corrected chi connectivity index (χ3v) is 5.89. The van der Waals surface area contributed by atoms with Gasteiger partial charge in [0.15, 0.2) is 11.5 Å². The summed E-state index contributed by atoms with van der Waals surface area (Å²) in [6, 6.07) is 9.99. The van der Waals surface area contributed by atoms with Gasteiger partial charge in [-0.2, -0.15) is 0 Å². The van der Waals surface area contributed by atoms with Gasteiger partial charge in [0.2, 0.25) is 5.91 Å². The molecule has 0 bridgehead atoms. The zero-order chi connectivity index (χ0) is 22.5. The molecule has 3 rings (SSSR count). The van der Waals surface area contributed by atoms with E-state index < -0.39 is 17.1 Å². The van der Waals surface area contributed by atoms with Crippen LogP contribution in [0.15, 0.2) is 45.8 Å². The van der Waals surface area contributed by atoms with Crippen LogP contribution in [0.1, 0.15) is 12.5 Å². The van der Waals surface area contributed by atoms with Crippen molar-refractivity contribution in [3.05, 3.63) is 56.4 Å². The maximum absolute atomic E-state index is 12.7. The second kappa shape index (κ2) is 10.2. The standard InChI is InChI=1S/C21H18BrClN2O5S/c1-3-30-16-9-12(8-15(22)19(16)29-2)10-17-20(27)25(21(28)31-17)11-18(26)24-14-6-4-13(23)5-7-14/h4-10H,3,11H2,1-2H3,(H,24,26)/b17-10+. The lowest BCUT2D eigenvalue weighted by molar-refractivity contribution is -0.127. The lowest BCUT2D eigenvalue weighted by atomic mass is 10.2. The predicted molar refractivity (Wildman–Crippen MR) is 125 cm³/mol. The van der Waals surface area contributed by atoms with Crippen molar-refractivity contribution in [3.63, 3.8) is 0 Å². The van der Waals surface area contributed by atoms with E-state index in [9.17, 15) is 14.4 Å². The number of nitrogens with one attached hydrogen (secondary N) is 1. The summed E-state index contributed by atoms with van der Waals surface area (Å²) in [6.07, 6.45) is 1.58. The quantitative estimate of drug-likeness (QED) is 0.501. The molecule has 31 heavy (non-hydrogen) atoms. The molecule has 1 aliphatic heterocycles. The summed E-state index contributed by atoms with van der Waals surface area (Å²) >= 11 is 10.0. The number of hydrogen-bond donors (Lipinski definition) is 1. The molecule has 0 aromatic heterocycles. The maximum atomic E-state index is 12.7. The number of benzene rings is 2. The van der Waals surface area contributed by atoms with Crippen molar-refractivity contribution in [2.45, 2.75) is 6.92 Å². The highest BCUT2D eigenvalue weighted by atomic mass is 79.9. The average molecular weight is 526 g/mol. The third kappa shape index (κ3) is 5.61. The highest BCUT2D eigenvalue weighted by Crippen LogP contribution is 2.39. The predicted octanol–water partition coefficient (Wildman–Crippen LogP) is 5.18. The van der Waals surface area contributed by atoms with Crippen LogP contribution in [0.5, 0.6) is 11.5 Å². The number of imide groups is 1. The van der Waals surface area contributed by atoms with E-state index in [1.807, 2.05) is 6.92 Å². The van der Waals surface area contributed by atoms with Gasteiger partial charge in [0.1, 0.15) is 6.54 Å². The topological polar surface area (TPSA) is 84.9 Å². The van der Waals surface area contributed by atoms with Crippen molar-refractivity contribution in [1.82, 2.24) is 4.90 Å². The van der Waals surface area contributed by atoms with Gasteiger partial charge in [-0.05, 0) is 82.7 Å². The van der Waals surface area contributed by atoms with Crippen molar-refractivity contribution < 1.29 is 23.9 Å². The average Bonchev–Trinajstić information content (AvgIpc) is 2.97. The normalized spacial score (nSPS) is 14.8. The fourth-order valence-corrected chi connectivity index (χ4v) is 4.38. The minimum Gasteiger partial charge on any atom is -0.492 e. The van der Waals surface area contributed by atoms with Crippen molar-refractivity contribution in [3.8, 4) is 11.5 Å². The SMILES string of the molecule is CCOc1cc(/C=C2/SC(=O)N(CC(=O)Nc3ccc(Cl)cc3)C2=O)cc(Br)c1OC. The molecule has 162 valence electrons. The maximum Gasteiger partial charge on any atom is 0.294 e. The minimum atomic E-state index is -0.536. The number of carbonyl (C=O) groups excluding carboxylic acids is 3. The smallest absolute Gasteiger partial charge is 0.294 e. The number of nitrogens with zero attached hydrogens (tertiary/aromatic N) is 1. The summed E-state index contributed by atoms with van der Waals surface area (Å²) in [6.45, 7) is 1.90. The Morgan fingerprint density at radius 2 is 1.97 bits per heavy atom. The molecule has 2 aromatic rings. The fourth-order valence-electron chi connectivity index (χ4n) is 2.80. The minimum absolute atomic E-state index is 0.212. The van der Waals surface area contributed by atoms with E-state index in [1.54, 1.807) is 42.5 Å². The summed E-state index contributed by atoms with van der Waals surface area (Å²) in [7, 11) is 1.53. The molecular formula is C21H18BrClN2O5S. The van der Waals surface area contributed by atoms with Crippen molar-refractivity contribution >= 4 is 68.1 Å². The van der Waals surface area contributed by atoms with E-state index in [0.717, 1.165) is 16.7 Å². The van der Waals surface area contributed by atoms with Crippen LogP contribution in [0, 0.1) is 0 Å². The van der Waals surface area contributed by atoms with Crippen LogP contribution in [-0.2, 0) is 9.59 Å². The Bertz CT molecular complexity index is 1060. The van der Waals surface area contributed by atoms with Gasteiger partial charge in [0, 0.05) is 10.7 Å². The summed E-state index contributed by atoms with van der Waals surface area (Å²) in [5, 5.41) is 2.65. The van der Waals surface area contributed by atoms with Crippen LogP contribution < -0.4 is 14.8 Å². The Morgan fingerprint density at radius 3 is 2.61 bits per heavy atom. The van der Waals surface area contributed by atoms with Gasteiger partial charge in [-0.1, -0.05) is 11.6 Å². The van der Waals surface area contributed by atoms with Gasteiger partial charge >= 0.3 is 0 Å². The molecule has 2 aromatic carbocycles. The highest BCUT2D eigenvalue weighted by Gasteiger charge is 2.36. The van der Waals surface area contributed by atoms with E-state index >= 15 is 0 Å². The van der Waals surface area contributed by atoms with Crippen LogP contribution in [0.4, 0.5) is 10.5 Å². The fraction of sp³-hybridized carbons (Fsp3) is 0.190. The molecule has 1 heterocycles. The molecule has 1 fully saturated rings. The van der Waals surface area contributed by atoms with Crippen molar-refractivity contribution in [1.29, 1.82) is 0 Å². The molecule has 3 amide bonds. The van der Waals surface area contributed by atoms with Gasteiger partial charge in [0.05, 0.1) is 23.1 Å². The summed E-state index contributed by atoms with van der Waals surface area (Å²) in [5.74, 6) is 0.0148. The Balaban J connectivity index is 1.75. The molecule has 1 saturated heterocycles. The molecule has 7 nitrogen and oxygen atoms in total. The molecule has 0 unspecified atom stereocenters.